The van der Waals surface area contributed by atoms with Gasteiger partial charge < -0.3 is 7.58 Å². The third-order valence-electron chi connectivity index (χ3n) is 2.76. The summed E-state index contributed by atoms with van der Waals surface area (Å²) in [6, 6.07) is 0. The Balaban J connectivity index is 3.99. The molecule has 0 rings (SSSR count). The second-order valence-corrected chi connectivity index (χ2v) is 9.35. The van der Waals surface area contributed by atoms with Crippen molar-refractivity contribution in [2.45, 2.75) is 103 Å². The summed E-state index contributed by atoms with van der Waals surface area (Å²) < 4.78 is 12.3. The molecule has 0 atom stereocenters. The normalized spacial score (nSPS) is 12.8. The fourth-order valence-electron chi connectivity index (χ4n) is 2.02. The van der Waals surface area contributed by atoms with Crippen molar-refractivity contribution in [1.29, 1.82) is 0 Å². The van der Waals surface area contributed by atoms with Crippen molar-refractivity contribution < 1.29 is 7.58 Å². The van der Waals surface area contributed by atoms with E-state index in [0.717, 1.165) is 5.28 Å². The van der Waals surface area contributed by atoms with E-state index in [4.69, 9.17) is 7.58 Å². The third-order valence-corrected chi connectivity index (χ3v) is 5.58. The van der Waals surface area contributed by atoms with Gasteiger partial charge in [-0.15, -0.1) is 0 Å². The predicted octanol–water partition coefficient (Wildman–Crippen LogP) is 5.47. The fourth-order valence-corrected chi connectivity index (χ4v) is 4.51. The summed E-state index contributed by atoms with van der Waals surface area (Å²) in [6.07, 6.45) is 8.01. The van der Waals surface area contributed by atoms with Crippen molar-refractivity contribution in [3.8, 4) is 0 Å². The maximum atomic E-state index is 6.16. The molecule has 0 unspecified atom stereocenters. The maximum Gasteiger partial charge on any atom is 0.675 e. The number of unbranched alkanes of at least 4 members (excludes halogenated alkanes) is 5. The van der Waals surface area contributed by atoms with Crippen LogP contribution >= 0.6 is 0 Å². The zero-order valence-corrected chi connectivity index (χ0v) is 15.5. The molecule has 0 aliphatic rings. The molecule has 0 aromatic heterocycles. The van der Waals surface area contributed by atoms with Crippen molar-refractivity contribution in [3.05, 3.63) is 0 Å². The second kappa shape index (κ2) is 9.40. The first kappa shape index (κ1) is 19.5. The quantitative estimate of drug-likeness (QED) is 0.413. The topological polar surface area (TPSA) is 18.5 Å². The monoisotopic (exact) mass is 286 g/mol. The van der Waals surface area contributed by atoms with Gasteiger partial charge in [0.25, 0.3) is 0 Å². The van der Waals surface area contributed by atoms with Crippen LogP contribution in [-0.4, -0.2) is 26.0 Å². The molecule has 0 spiro atoms. The smallest absolute Gasteiger partial charge is 0.474 e. The van der Waals surface area contributed by atoms with Crippen molar-refractivity contribution in [2.75, 3.05) is 0 Å². The lowest BCUT2D eigenvalue weighted by Crippen LogP contribution is -2.38. The highest BCUT2D eigenvalue weighted by Gasteiger charge is 2.33. The number of hydrogen-bond donors (Lipinski definition) is 0. The first-order valence-electron chi connectivity index (χ1n) is 8.00. The van der Waals surface area contributed by atoms with Crippen molar-refractivity contribution in [3.63, 3.8) is 0 Å². The summed E-state index contributed by atoms with van der Waals surface area (Å²) in [5.41, 5.74) is -0.158. The molecule has 0 bridgehead atoms. The van der Waals surface area contributed by atoms with Crippen LogP contribution in [0, 0.1) is 0 Å². The van der Waals surface area contributed by atoms with Crippen LogP contribution in [-0.2, 0) is 7.58 Å². The molecule has 0 aliphatic carbocycles. The molecule has 0 saturated heterocycles. The minimum absolute atomic E-state index is 0.0790. The summed E-state index contributed by atoms with van der Waals surface area (Å²) in [5, 5.41) is 1.14. The molecule has 0 heterocycles. The Morgan fingerprint density at radius 2 is 1.11 bits per heavy atom. The number of hydrogen-bond acceptors (Lipinski definition) is 2. The van der Waals surface area contributed by atoms with Gasteiger partial charge in [-0.05, 0) is 46.8 Å². The van der Waals surface area contributed by atoms with Gasteiger partial charge in [0.2, 0.25) is 0 Å². The van der Waals surface area contributed by atoms with Crippen LogP contribution in [0.1, 0.15) is 87.0 Å². The average molecular weight is 286 g/mol. The van der Waals surface area contributed by atoms with Crippen LogP contribution < -0.4 is 0 Å². The molecule has 19 heavy (non-hydrogen) atoms. The van der Waals surface area contributed by atoms with Gasteiger partial charge in [-0.25, -0.2) is 0 Å². The first-order chi connectivity index (χ1) is 8.64. The summed E-state index contributed by atoms with van der Waals surface area (Å²) in [6.45, 7) is 15.0. The lowest BCUT2D eigenvalue weighted by molar-refractivity contribution is 0.0335. The van der Waals surface area contributed by atoms with Crippen molar-refractivity contribution in [2.24, 2.45) is 0 Å². The summed E-state index contributed by atoms with van der Waals surface area (Å²) in [4.78, 5) is 0. The number of rotatable bonds is 9. The van der Waals surface area contributed by atoms with E-state index >= 15 is 0 Å². The van der Waals surface area contributed by atoms with Crippen molar-refractivity contribution in [1.82, 2.24) is 0 Å². The van der Waals surface area contributed by atoms with Crippen LogP contribution in [0.3, 0.4) is 0 Å². The Morgan fingerprint density at radius 3 is 1.53 bits per heavy atom. The van der Waals surface area contributed by atoms with E-state index in [2.05, 4.69) is 48.5 Å². The highest BCUT2D eigenvalue weighted by molar-refractivity contribution is 6.44. The lowest BCUT2D eigenvalue weighted by atomic mass is 10.1. The van der Waals surface area contributed by atoms with Crippen LogP contribution in [0.4, 0.5) is 0 Å². The Bertz CT molecular complexity index is 200. The standard InChI is InChI=1S/C8H17.2C4H9O.Al/c1-3-5-7-8-6-4-2;2*1-4(2,3)5;/h1,3-8H2,2H3;2*1-3H3;/q;2*-1;+2. The molecular weight excluding hydrogens is 251 g/mol. The molecule has 114 valence electrons. The van der Waals surface area contributed by atoms with E-state index in [1.54, 1.807) is 0 Å². The molecular formula is C16H35AlO2. The molecule has 0 N–H and O–H groups in total. The molecule has 0 aliphatic heterocycles. The molecule has 3 heteroatoms. The van der Waals surface area contributed by atoms with E-state index in [1.807, 2.05) is 0 Å². The molecule has 0 amide bonds. The third kappa shape index (κ3) is 14.7. The summed E-state index contributed by atoms with van der Waals surface area (Å²) in [5.74, 6) is 0. The van der Waals surface area contributed by atoms with E-state index in [1.165, 1.54) is 38.5 Å². The van der Waals surface area contributed by atoms with Gasteiger partial charge in [-0.1, -0.05) is 45.4 Å². The van der Waals surface area contributed by atoms with Gasteiger partial charge in [0.1, 0.15) is 0 Å². The molecule has 2 nitrogen and oxygen atoms in total. The SMILES string of the molecule is CCCCCCC[CH2][Al]([O]C(C)(C)C)[O]C(C)(C)C. The Kier molecular flexibility index (Phi) is 9.62. The molecule has 0 aromatic carbocycles. The summed E-state index contributed by atoms with van der Waals surface area (Å²) >= 11 is -1.54. The van der Waals surface area contributed by atoms with E-state index in [9.17, 15) is 0 Å². The fraction of sp³-hybridized carbons (Fsp3) is 1.00. The molecule has 0 saturated carbocycles. The second-order valence-electron chi connectivity index (χ2n) is 7.45. The lowest BCUT2D eigenvalue weighted by Gasteiger charge is -2.30. The Morgan fingerprint density at radius 1 is 0.684 bits per heavy atom. The average Bonchev–Trinajstić information content (AvgIpc) is 2.18. The van der Waals surface area contributed by atoms with Gasteiger partial charge in [0.05, 0.1) is 0 Å². The van der Waals surface area contributed by atoms with Gasteiger partial charge in [-0.2, -0.15) is 0 Å². The van der Waals surface area contributed by atoms with Gasteiger partial charge in [0, 0.05) is 11.2 Å². The first-order valence-corrected chi connectivity index (χ1v) is 9.75. The van der Waals surface area contributed by atoms with E-state index < -0.39 is 14.8 Å². The Hall–Kier alpha value is 0.452. The van der Waals surface area contributed by atoms with Gasteiger partial charge >= 0.3 is 14.8 Å². The van der Waals surface area contributed by atoms with Crippen LogP contribution in [0.5, 0.6) is 0 Å². The Labute approximate surface area is 126 Å². The van der Waals surface area contributed by atoms with Gasteiger partial charge in [0.15, 0.2) is 0 Å². The van der Waals surface area contributed by atoms with Crippen LogP contribution in [0.15, 0.2) is 0 Å². The van der Waals surface area contributed by atoms with Crippen molar-refractivity contribution >= 4 is 14.8 Å². The predicted molar refractivity (Wildman–Crippen MR) is 85.6 cm³/mol. The van der Waals surface area contributed by atoms with E-state index in [-0.39, 0.29) is 11.2 Å². The maximum absolute atomic E-state index is 6.16. The van der Waals surface area contributed by atoms with Crippen LogP contribution in [0.2, 0.25) is 5.28 Å². The highest BCUT2D eigenvalue weighted by Crippen LogP contribution is 2.20. The minimum atomic E-state index is -1.54. The van der Waals surface area contributed by atoms with Crippen LogP contribution in [0.25, 0.3) is 0 Å². The summed E-state index contributed by atoms with van der Waals surface area (Å²) in [7, 11) is 0. The zero-order valence-electron chi connectivity index (χ0n) is 14.3. The largest absolute Gasteiger partial charge is 0.675 e. The molecule has 0 radical (unpaired) electrons. The molecule has 0 aromatic rings. The molecule has 0 fully saturated rings. The zero-order chi connectivity index (χ0) is 14.9. The van der Waals surface area contributed by atoms with Gasteiger partial charge in [-0.3, -0.25) is 0 Å². The minimum Gasteiger partial charge on any atom is -0.474 e. The van der Waals surface area contributed by atoms with E-state index in [0.29, 0.717) is 0 Å². The highest BCUT2D eigenvalue weighted by atomic mass is 27.2.